The zero-order valence-electron chi connectivity index (χ0n) is 27.1. The number of amides is 1. The molecule has 4 aromatic rings. The number of fused-ring (bicyclic) bond motifs is 1. The highest BCUT2D eigenvalue weighted by molar-refractivity contribution is 7.83. The molecule has 0 bridgehead atoms. The number of rotatable bonds is 10. The van der Waals surface area contributed by atoms with Crippen LogP contribution in [0.15, 0.2) is 65.7 Å². The van der Waals surface area contributed by atoms with Gasteiger partial charge in [-0.15, -0.1) is 0 Å². The Hall–Kier alpha value is -4.09. The van der Waals surface area contributed by atoms with Crippen molar-refractivity contribution in [2.24, 2.45) is 12.2 Å². The molecule has 10 nitrogen and oxygen atoms in total. The Kier molecular flexibility index (Phi) is 10.6. The van der Waals surface area contributed by atoms with E-state index in [-0.39, 0.29) is 54.6 Å². The first-order valence-corrected chi connectivity index (χ1v) is 17.0. The molecule has 0 aliphatic carbocycles. The van der Waals surface area contributed by atoms with Crippen molar-refractivity contribution in [3.05, 3.63) is 82.4 Å². The summed E-state index contributed by atoms with van der Waals surface area (Å²) in [7, 11) is -0.380. The molecule has 3 heterocycles. The van der Waals surface area contributed by atoms with Gasteiger partial charge in [-0.05, 0) is 37.3 Å². The zero-order valence-corrected chi connectivity index (χ0v) is 27.9. The Morgan fingerprint density at radius 2 is 1.54 bits per heavy atom. The minimum atomic E-state index is -4.63. The number of hydrogen-bond donors (Lipinski definition) is 2. The summed E-state index contributed by atoms with van der Waals surface area (Å²) in [6.45, 7) is 1.15. The number of aromatic nitrogens is 4. The molecule has 0 spiro atoms. The van der Waals surface area contributed by atoms with Crippen LogP contribution in [0.2, 0.25) is 0 Å². The van der Waals surface area contributed by atoms with Gasteiger partial charge in [0.1, 0.15) is 5.52 Å². The standard InChI is InChI=1S/C33H36F6N6O4S/c1-20(50(40)49)16-24(32(34,35)36)22-8-10-23(11-9-22)29-27-28(42-43(29)2)30(47)45(19-41-27)18-31(48)12-14-44(15-13-31)26(46)17-25(33(37,38)39)21-6-4-3-5-7-21/h3-11,19-20,24-25,48H,12-18,40H2,1-2H3/t20?,24-,25+,50?/m0/s1. The van der Waals surface area contributed by atoms with Crippen LogP contribution in [0.3, 0.4) is 0 Å². The second kappa shape index (κ2) is 14.3. The fourth-order valence-corrected chi connectivity index (χ4v) is 6.73. The monoisotopic (exact) mass is 726 g/mol. The van der Waals surface area contributed by atoms with Crippen molar-refractivity contribution in [3.63, 3.8) is 0 Å². The maximum atomic E-state index is 13.9. The minimum Gasteiger partial charge on any atom is -0.388 e. The van der Waals surface area contributed by atoms with Crippen molar-refractivity contribution >= 4 is 27.9 Å². The maximum absolute atomic E-state index is 13.9. The summed E-state index contributed by atoms with van der Waals surface area (Å²) in [5.41, 5.74) is -1.15. The molecule has 1 saturated heterocycles. The molecule has 2 aromatic heterocycles. The topological polar surface area (TPSA) is 136 Å². The molecule has 5 rings (SSSR count). The van der Waals surface area contributed by atoms with E-state index in [1.807, 2.05) is 0 Å². The number of halogens is 6. The average Bonchev–Trinajstić information content (AvgIpc) is 3.39. The van der Waals surface area contributed by atoms with Gasteiger partial charge in [-0.3, -0.25) is 24.0 Å². The number of likely N-dealkylation sites (tertiary alicyclic amines) is 1. The van der Waals surface area contributed by atoms with Crippen LogP contribution in [-0.4, -0.2) is 75.7 Å². The quantitative estimate of drug-likeness (QED) is 0.223. The summed E-state index contributed by atoms with van der Waals surface area (Å²) in [4.78, 5) is 32.1. The van der Waals surface area contributed by atoms with E-state index in [4.69, 9.17) is 5.14 Å². The van der Waals surface area contributed by atoms with Crippen molar-refractivity contribution in [2.75, 3.05) is 13.1 Å². The summed E-state index contributed by atoms with van der Waals surface area (Å²) < 4.78 is 97.2. The van der Waals surface area contributed by atoms with Crippen LogP contribution < -0.4 is 10.7 Å². The summed E-state index contributed by atoms with van der Waals surface area (Å²) in [5, 5.41) is 20.0. The van der Waals surface area contributed by atoms with Crippen LogP contribution in [-0.2, 0) is 29.4 Å². The summed E-state index contributed by atoms with van der Waals surface area (Å²) in [6.07, 6.45) is -9.23. The number of carbonyl (C=O) groups is 1. The van der Waals surface area contributed by atoms with E-state index in [2.05, 4.69) is 10.1 Å². The summed E-state index contributed by atoms with van der Waals surface area (Å²) >= 11 is 0. The van der Waals surface area contributed by atoms with Gasteiger partial charge in [0, 0.05) is 37.4 Å². The van der Waals surface area contributed by atoms with Gasteiger partial charge in [-0.25, -0.2) is 9.19 Å². The molecule has 4 atom stereocenters. The number of alkyl halides is 6. The SMILES string of the molecule is CC(C[C@@H](c1ccc(-c2c3ncn(CC4(O)CCN(C(=O)C[C@H](c5ccccc5)C(F)(F)F)CC4)c(=O)c3nn2C)cc1)C(F)(F)F)S(N)=O. The molecule has 2 aromatic carbocycles. The van der Waals surface area contributed by atoms with Crippen LogP contribution in [0.1, 0.15) is 55.6 Å². The van der Waals surface area contributed by atoms with E-state index < -0.39 is 70.3 Å². The molecule has 1 fully saturated rings. The number of carbonyl (C=O) groups excluding carboxylic acids is 1. The van der Waals surface area contributed by atoms with Gasteiger partial charge in [0.2, 0.25) is 5.91 Å². The largest absolute Gasteiger partial charge is 0.396 e. The van der Waals surface area contributed by atoms with Crippen LogP contribution in [0.4, 0.5) is 26.3 Å². The first-order chi connectivity index (χ1) is 23.4. The molecular weight excluding hydrogens is 690 g/mol. The number of aliphatic hydroxyl groups is 1. The van der Waals surface area contributed by atoms with Crippen molar-refractivity contribution in [2.45, 2.75) is 74.2 Å². The van der Waals surface area contributed by atoms with Crippen LogP contribution >= 0.6 is 0 Å². The minimum absolute atomic E-state index is 0.00391. The van der Waals surface area contributed by atoms with E-state index in [9.17, 15) is 45.2 Å². The molecule has 17 heteroatoms. The van der Waals surface area contributed by atoms with E-state index in [1.54, 1.807) is 13.1 Å². The van der Waals surface area contributed by atoms with Gasteiger partial charge in [0.15, 0.2) is 5.52 Å². The molecule has 2 unspecified atom stereocenters. The molecule has 50 heavy (non-hydrogen) atoms. The van der Waals surface area contributed by atoms with Crippen molar-refractivity contribution in [1.29, 1.82) is 0 Å². The number of piperidine rings is 1. The highest BCUT2D eigenvalue weighted by Crippen LogP contribution is 2.40. The van der Waals surface area contributed by atoms with E-state index in [1.165, 1.54) is 75.9 Å². The van der Waals surface area contributed by atoms with E-state index >= 15 is 0 Å². The van der Waals surface area contributed by atoms with Gasteiger partial charge in [0.05, 0.1) is 47.0 Å². The zero-order chi connectivity index (χ0) is 36.6. The molecule has 1 amide bonds. The average molecular weight is 727 g/mol. The fraction of sp³-hybridized carbons (Fsp3) is 0.455. The van der Waals surface area contributed by atoms with Gasteiger partial charge in [0.25, 0.3) is 5.56 Å². The fourth-order valence-electron chi connectivity index (χ4n) is 6.35. The van der Waals surface area contributed by atoms with Crippen molar-refractivity contribution in [1.82, 2.24) is 24.2 Å². The molecule has 1 aliphatic heterocycles. The lowest BCUT2D eigenvalue weighted by Gasteiger charge is -2.39. The predicted octanol–water partition coefficient (Wildman–Crippen LogP) is 4.93. The Morgan fingerprint density at radius 3 is 2.10 bits per heavy atom. The summed E-state index contributed by atoms with van der Waals surface area (Å²) in [5.74, 6) is -4.55. The van der Waals surface area contributed by atoms with Gasteiger partial charge in [-0.2, -0.15) is 31.4 Å². The molecule has 0 radical (unpaired) electrons. The molecule has 0 saturated carbocycles. The van der Waals surface area contributed by atoms with Gasteiger partial charge in [-0.1, -0.05) is 54.6 Å². The first kappa shape index (κ1) is 37.2. The molecular formula is C33H36F6N6O4S. The van der Waals surface area contributed by atoms with E-state index in [0.29, 0.717) is 11.3 Å². The lowest BCUT2D eigenvalue weighted by molar-refractivity contribution is -0.162. The number of benzene rings is 2. The van der Waals surface area contributed by atoms with Crippen molar-refractivity contribution in [3.8, 4) is 11.3 Å². The maximum Gasteiger partial charge on any atom is 0.396 e. The normalized spacial score (nSPS) is 17.8. The Labute approximate surface area is 285 Å². The molecule has 1 aliphatic rings. The van der Waals surface area contributed by atoms with E-state index in [0.717, 1.165) is 0 Å². The third-order valence-corrected chi connectivity index (χ3v) is 10.2. The third-order valence-electron chi connectivity index (χ3n) is 9.25. The van der Waals surface area contributed by atoms with Crippen LogP contribution in [0.5, 0.6) is 0 Å². The Morgan fingerprint density at radius 1 is 0.960 bits per heavy atom. The highest BCUT2D eigenvalue weighted by Gasteiger charge is 2.44. The summed E-state index contributed by atoms with van der Waals surface area (Å²) in [6, 6.07) is 12.7. The number of nitrogens with two attached hydrogens (primary N) is 1. The number of nitrogens with zero attached hydrogens (tertiary/aromatic N) is 5. The lowest BCUT2D eigenvalue weighted by Crippen LogP contribution is -2.50. The van der Waals surface area contributed by atoms with Crippen molar-refractivity contribution < 1.29 is 40.5 Å². The Balaban J connectivity index is 1.30. The van der Waals surface area contributed by atoms with Crippen LogP contribution in [0.25, 0.3) is 22.3 Å². The lowest BCUT2D eigenvalue weighted by atomic mass is 9.89. The Bertz CT molecular complexity index is 1900. The first-order valence-electron chi connectivity index (χ1n) is 15.7. The van der Waals surface area contributed by atoms with Crippen LogP contribution in [0, 0.1) is 0 Å². The van der Waals surface area contributed by atoms with Gasteiger partial charge < -0.3 is 10.0 Å². The number of hydrogen-bond acceptors (Lipinski definition) is 6. The molecule has 3 N–H and O–H groups in total. The van der Waals surface area contributed by atoms with Gasteiger partial charge >= 0.3 is 12.4 Å². The highest BCUT2D eigenvalue weighted by atomic mass is 32.2. The second-order valence-corrected chi connectivity index (χ2v) is 14.2. The number of aryl methyl sites for hydroxylation is 1. The smallest absolute Gasteiger partial charge is 0.388 e. The second-order valence-electron chi connectivity index (χ2n) is 12.8. The third kappa shape index (κ3) is 8.10. The predicted molar refractivity (Wildman–Crippen MR) is 174 cm³/mol. The molecule has 270 valence electrons.